The standard InChI is InChI=1S/C15H18N2O3/c1-9-3-4-13-11(5-9)6-12(20-13)8-17-14(18)7-16-10(2)15(17)19/h3-5,10,12,16H,6-8H2,1-2H3. The minimum Gasteiger partial charge on any atom is -0.488 e. The van der Waals surface area contributed by atoms with Crippen LogP contribution in [0.4, 0.5) is 0 Å². The summed E-state index contributed by atoms with van der Waals surface area (Å²) in [5.41, 5.74) is 2.34. The first-order valence-electron chi connectivity index (χ1n) is 6.88. The molecule has 3 rings (SSSR count). The minimum atomic E-state index is -0.307. The molecule has 0 bridgehead atoms. The summed E-state index contributed by atoms with van der Waals surface area (Å²) >= 11 is 0. The number of fused-ring (bicyclic) bond motifs is 1. The van der Waals surface area contributed by atoms with Gasteiger partial charge in [-0.15, -0.1) is 0 Å². The zero-order valence-electron chi connectivity index (χ0n) is 11.7. The van der Waals surface area contributed by atoms with Crippen LogP contribution in [-0.4, -0.2) is 41.9 Å². The van der Waals surface area contributed by atoms with Gasteiger partial charge in [-0.2, -0.15) is 0 Å². The van der Waals surface area contributed by atoms with Crippen LogP contribution in [0.5, 0.6) is 5.75 Å². The Morgan fingerprint density at radius 1 is 1.40 bits per heavy atom. The Balaban J connectivity index is 1.71. The average molecular weight is 274 g/mol. The van der Waals surface area contributed by atoms with Crippen molar-refractivity contribution in [3.05, 3.63) is 29.3 Å². The molecule has 20 heavy (non-hydrogen) atoms. The van der Waals surface area contributed by atoms with Crippen molar-refractivity contribution in [2.45, 2.75) is 32.4 Å². The number of aryl methyl sites for hydroxylation is 1. The van der Waals surface area contributed by atoms with Crippen molar-refractivity contribution in [3.63, 3.8) is 0 Å². The van der Waals surface area contributed by atoms with E-state index in [1.165, 1.54) is 10.5 Å². The number of imide groups is 1. The van der Waals surface area contributed by atoms with Crippen LogP contribution in [0.1, 0.15) is 18.1 Å². The molecular formula is C15H18N2O3. The van der Waals surface area contributed by atoms with Crippen molar-refractivity contribution >= 4 is 11.8 Å². The molecule has 0 aliphatic carbocycles. The van der Waals surface area contributed by atoms with Crippen LogP contribution in [0.15, 0.2) is 18.2 Å². The van der Waals surface area contributed by atoms with E-state index in [-0.39, 0.29) is 30.5 Å². The third-order valence-electron chi connectivity index (χ3n) is 3.84. The van der Waals surface area contributed by atoms with Gasteiger partial charge >= 0.3 is 0 Å². The molecule has 0 aromatic heterocycles. The molecular weight excluding hydrogens is 256 g/mol. The molecule has 5 nitrogen and oxygen atoms in total. The van der Waals surface area contributed by atoms with Crippen LogP contribution in [0.25, 0.3) is 0 Å². The summed E-state index contributed by atoms with van der Waals surface area (Å²) in [6, 6.07) is 5.75. The van der Waals surface area contributed by atoms with Crippen LogP contribution in [0.3, 0.4) is 0 Å². The topological polar surface area (TPSA) is 58.6 Å². The molecule has 0 radical (unpaired) electrons. The molecule has 2 aliphatic heterocycles. The van der Waals surface area contributed by atoms with Gasteiger partial charge < -0.3 is 4.74 Å². The van der Waals surface area contributed by atoms with Crippen molar-refractivity contribution < 1.29 is 14.3 Å². The molecule has 2 atom stereocenters. The Morgan fingerprint density at radius 2 is 2.20 bits per heavy atom. The van der Waals surface area contributed by atoms with Gasteiger partial charge in [0.15, 0.2) is 0 Å². The van der Waals surface area contributed by atoms with E-state index >= 15 is 0 Å². The van der Waals surface area contributed by atoms with E-state index < -0.39 is 0 Å². The minimum absolute atomic E-state index is 0.134. The first-order chi connectivity index (χ1) is 9.54. The van der Waals surface area contributed by atoms with Crippen LogP contribution in [0, 0.1) is 6.92 Å². The second-order valence-electron chi connectivity index (χ2n) is 5.50. The van der Waals surface area contributed by atoms with Gasteiger partial charge in [0.25, 0.3) is 0 Å². The molecule has 1 aromatic rings. The highest BCUT2D eigenvalue weighted by Gasteiger charge is 2.35. The Kier molecular flexibility index (Phi) is 3.22. The Bertz CT molecular complexity index is 570. The van der Waals surface area contributed by atoms with Gasteiger partial charge in [-0.05, 0) is 25.5 Å². The molecule has 2 amide bonds. The Labute approximate surface area is 117 Å². The lowest BCUT2D eigenvalue weighted by molar-refractivity contribution is -0.150. The highest BCUT2D eigenvalue weighted by Crippen LogP contribution is 2.30. The van der Waals surface area contributed by atoms with Crippen LogP contribution in [-0.2, 0) is 16.0 Å². The number of hydrogen-bond donors (Lipinski definition) is 1. The summed E-state index contributed by atoms with van der Waals surface area (Å²) in [7, 11) is 0. The zero-order chi connectivity index (χ0) is 14.3. The molecule has 1 N–H and O–H groups in total. The van der Waals surface area contributed by atoms with E-state index in [9.17, 15) is 9.59 Å². The Morgan fingerprint density at radius 3 is 3.00 bits per heavy atom. The third kappa shape index (κ3) is 2.29. The Hall–Kier alpha value is -1.88. The molecule has 1 aromatic carbocycles. The fourth-order valence-corrected chi connectivity index (χ4v) is 2.73. The number of rotatable bonds is 2. The van der Waals surface area contributed by atoms with Gasteiger partial charge in [0, 0.05) is 6.42 Å². The highest BCUT2D eigenvalue weighted by molar-refractivity contribution is 6.01. The van der Waals surface area contributed by atoms with Crippen molar-refractivity contribution in [2.24, 2.45) is 0 Å². The van der Waals surface area contributed by atoms with Gasteiger partial charge in [0.2, 0.25) is 11.8 Å². The van der Waals surface area contributed by atoms with E-state index in [2.05, 4.69) is 11.4 Å². The summed E-state index contributed by atoms with van der Waals surface area (Å²) in [6.07, 6.45) is 0.612. The normalized spacial score (nSPS) is 25.6. The summed E-state index contributed by atoms with van der Waals surface area (Å²) in [4.78, 5) is 25.2. The van der Waals surface area contributed by atoms with E-state index in [1.807, 2.05) is 19.1 Å². The predicted octanol–water partition coefficient (Wildman–Crippen LogP) is 0.645. The molecule has 2 heterocycles. The molecule has 1 saturated heterocycles. The predicted molar refractivity (Wildman–Crippen MR) is 73.5 cm³/mol. The van der Waals surface area contributed by atoms with Crippen molar-refractivity contribution in [1.29, 1.82) is 0 Å². The second-order valence-corrected chi connectivity index (χ2v) is 5.50. The molecule has 0 spiro atoms. The van der Waals surface area contributed by atoms with Gasteiger partial charge in [-0.25, -0.2) is 0 Å². The SMILES string of the molecule is Cc1ccc2c(c1)CC(CN1C(=O)CNC(C)C1=O)O2. The van der Waals surface area contributed by atoms with Crippen molar-refractivity contribution in [3.8, 4) is 5.75 Å². The number of benzene rings is 1. The number of carbonyl (C=O) groups excluding carboxylic acids is 2. The maximum absolute atomic E-state index is 12.0. The lowest BCUT2D eigenvalue weighted by Crippen LogP contribution is -2.58. The number of hydrogen-bond acceptors (Lipinski definition) is 4. The van der Waals surface area contributed by atoms with E-state index in [0.717, 1.165) is 17.7 Å². The third-order valence-corrected chi connectivity index (χ3v) is 3.84. The molecule has 2 unspecified atom stereocenters. The fourth-order valence-electron chi connectivity index (χ4n) is 2.73. The van der Waals surface area contributed by atoms with E-state index in [0.29, 0.717) is 6.54 Å². The maximum Gasteiger partial charge on any atom is 0.246 e. The molecule has 106 valence electrons. The molecule has 5 heteroatoms. The summed E-state index contributed by atoms with van der Waals surface area (Å²) in [6.45, 7) is 4.36. The van der Waals surface area contributed by atoms with Crippen molar-refractivity contribution in [2.75, 3.05) is 13.1 Å². The van der Waals surface area contributed by atoms with Gasteiger partial charge in [0.1, 0.15) is 11.9 Å². The summed E-state index contributed by atoms with van der Waals surface area (Å²) in [5.74, 6) is 0.518. The van der Waals surface area contributed by atoms with Crippen LogP contribution < -0.4 is 10.1 Å². The monoisotopic (exact) mass is 274 g/mol. The highest BCUT2D eigenvalue weighted by atomic mass is 16.5. The first kappa shape index (κ1) is 13.1. The quantitative estimate of drug-likeness (QED) is 0.804. The summed E-state index contributed by atoms with van der Waals surface area (Å²) in [5, 5.41) is 2.88. The number of carbonyl (C=O) groups is 2. The van der Waals surface area contributed by atoms with Gasteiger partial charge in [-0.1, -0.05) is 17.7 Å². The number of nitrogens with zero attached hydrogens (tertiary/aromatic N) is 1. The molecule has 1 fully saturated rings. The smallest absolute Gasteiger partial charge is 0.246 e. The van der Waals surface area contributed by atoms with Gasteiger partial charge in [0.05, 0.1) is 19.1 Å². The van der Waals surface area contributed by atoms with Crippen LogP contribution >= 0.6 is 0 Å². The maximum atomic E-state index is 12.0. The van der Waals surface area contributed by atoms with Crippen LogP contribution in [0.2, 0.25) is 0 Å². The number of ether oxygens (including phenoxy) is 1. The molecule has 0 saturated carbocycles. The fraction of sp³-hybridized carbons (Fsp3) is 0.467. The summed E-state index contributed by atoms with van der Waals surface area (Å²) < 4.78 is 5.83. The zero-order valence-corrected chi connectivity index (χ0v) is 11.7. The molecule has 2 aliphatic rings. The lowest BCUT2D eigenvalue weighted by Gasteiger charge is -2.31. The number of amides is 2. The van der Waals surface area contributed by atoms with E-state index in [4.69, 9.17) is 4.74 Å². The van der Waals surface area contributed by atoms with Crippen molar-refractivity contribution in [1.82, 2.24) is 10.2 Å². The lowest BCUT2D eigenvalue weighted by atomic mass is 10.1. The van der Waals surface area contributed by atoms with Gasteiger partial charge in [-0.3, -0.25) is 19.8 Å². The number of piperazine rings is 1. The second kappa shape index (κ2) is 4.90. The largest absolute Gasteiger partial charge is 0.488 e. The average Bonchev–Trinajstić information content (AvgIpc) is 2.81. The van der Waals surface area contributed by atoms with E-state index in [1.54, 1.807) is 6.92 Å². The number of nitrogens with one attached hydrogen (secondary N) is 1. The first-order valence-corrected chi connectivity index (χ1v) is 6.88.